The number of carbonyl (C=O) groups excluding carboxylic acids is 2. The second-order valence-electron chi connectivity index (χ2n) is 7.52. The SMILES string of the molecule is CCCC(=O)N1CCC(C)C(Nc2c(C(=O)OCCOC)cnc3[nH]ccc23)C1. The number of esters is 1. The normalized spacial score (nSPS) is 19.3. The molecule has 1 aliphatic heterocycles. The molecule has 2 aromatic heterocycles. The van der Waals surface area contributed by atoms with Crippen molar-refractivity contribution < 1.29 is 19.1 Å². The van der Waals surface area contributed by atoms with Crippen LogP contribution in [0.1, 0.15) is 43.5 Å². The van der Waals surface area contributed by atoms with E-state index < -0.39 is 5.97 Å². The molecule has 8 nitrogen and oxygen atoms in total. The molecule has 3 heterocycles. The van der Waals surface area contributed by atoms with Crippen molar-refractivity contribution in [3.05, 3.63) is 24.0 Å². The van der Waals surface area contributed by atoms with Crippen LogP contribution in [0.15, 0.2) is 18.5 Å². The smallest absolute Gasteiger partial charge is 0.341 e. The Balaban J connectivity index is 1.85. The molecule has 3 rings (SSSR count). The average molecular weight is 402 g/mol. The molecule has 29 heavy (non-hydrogen) atoms. The van der Waals surface area contributed by atoms with Crippen LogP contribution in [0.25, 0.3) is 11.0 Å². The zero-order chi connectivity index (χ0) is 20.8. The maximum Gasteiger partial charge on any atom is 0.341 e. The highest BCUT2D eigenvalue weighted by atomic mass is 16.6. The first-order valence-corrected chi connectivity index (χ1v) is 10.2. The van der Waals surface area contributed by atoms with E-state index in [1.165, 1.54) is 6.20 Å². The molecule has 158 valence electrons. The van der Waals surface area contributed by atoms with Crippen molar-refractivity contribution >= 4 is 28.6 Å². The Morgan fingerprint density at radius 1 is 1.38 bits per heavy atom. The number of nitrogens with one attached hydrogen (secondary N) is 2. The van der Waals surface area contributed by atoms with Crippen LogP contribution in [-0.2, 0) is 14.3 Å². The number of likely N-dealkylation sites (tertiary alicyclic amines) is 1. The summed E-state index contributed by atoms with van der Waals surface area (Å²) >= 11 is 0. The maximum absolute atomic E-state index is 12.7. The van der Waals surface area contributed by atoms with Crippen LogP contribution in [0, 0.1) is 5.92 Å². The van der Waals surface area contributed by atoms with E-state index in [4.69, 9.17) is 9.47 Å². The van der Waals surface area contributed by atoms with E-state index in [0.29, 0.717) is 42.4 Å². The molecular formula is C21H30N4O4. The second-order valence-corrected chi connectivity index (χ2v) is 7.52. The van der Waals surface area contributed by atoms with Gasteiger partial charge in [-0.1, -0.05) is 13.8 Å². The highest BCUT2D eigenvalue weighted by molar-refractivity contribution is 6.04. The van der Waals surface area contributed by atoms with Gasteiger partial charge in [-0.2, -0.15) is 0 Å². The summed E-state index contributed by atoms with van der Waals surface area (Å²) in [5.74, 6) is 0.106. The van der Waals surface area contributed by atoms with Gasteiger partial charge in [-0.3, -0.25) is 4.79 Å². The lowest BCUT2D eigenvalue weighted by atomic mass is 9.92. The number of hydrogen-bond donors (Lipinski definition) is 2. The first-order chi connectivity index (χ1) is 14.0. The van der Waals surface area contributed by atoms with Crippen LogP contribution >= 0.6 is 0 Å². The van der Waals surface area contributed by atoms with Gasteiger partial charge < -0.3 is 24.7 Å². The van der Waals surface area contributed by atoms with Gasteiger partial charge in [0, 0.05) is 50.4 Å². The zero-order valence-corrected chi connectivity index (χ0v) is 17.4. The van der Waals surface area contributed by atoms with E-state index in [9.17, 15) is 9.59 Å². The fourth-order valence-corrected chi connectivity index (χ4v) is 3.65. The molecular weight excluding hydrogens is 372 g/mol. The topological polar surface area (TPSA) is 96.6 Å². The number of nitrogens with zero attached hydrogens (tertiary/aromatic N) is 2. The molecule has 1 saturated heterocycles. The van der Waals surface area contributed by atoms with E-state index in [1.807, 2.05) is 17.9 Å². The van der Waals surface area contributed by atoms with E-state index in [-0.39, 0.29) is 18.6 Å². The summed E-state index contributed by atoms with van der Waals surface area (Å²) in [5.41, 5.74) is 1.78. The van der Waals surface area contributed by atoms with Gasteiger partial charge in [-0.25, -0.2) is 9.78 Å². The summed E-state index contributed by atoms with van der Waals surface area (Å²) in [4.78, 5) is 34.4. The molecule has 2 N–H and O–H groups in total. The Bertz CT molecular complexity index is 850. The number of aromatic nitrogens is 2. The minimum atomic E-state index is -0.442. The number of hydrogen-bond acceptors (Lipinski definition) is 6. The van der Waals surface area contributed by atoms with Crippen molar-refractivity contribution in [3.8, 4) is 0 Å². The molecule has 2 atom stereocenters. The third-order valence-electron chi connectivity index (χ3n) is 5.43. The van der Waals surface area contributed by atoms with Crippen LogP contribution in [-0.4, -0.2) is 66.2 Å². The third-order valence-corrected chi connectivity index (χ3v) is 5.43. The number of pyridine rings is 1. The van der Waals surface area contributed by atoms with Crippen molar-refractivity contribution in [2.24, 2.45) is 5.92 Å². The summed E-state index contributed by atoms with van der Waals surface area (Å²) in [6.45, 7) is 6.10. The number of H-pyrrole nitrogens is 1. The van der Waals surface area contributed by atoms with Crippen molar-refractivity contribution in [3.63, 3.8) is 0 Å². The Hall–Kier alpha value is -2.61. The Morgan fingerprint density at radius 3 is 2.97 bits per heavy atom. The molecule has 2 aromatic rings. The molecule has 1 fully saturated rings. The van der Waals surface area contributed by atoms with Gasteiger partial charge >= 0.3 is 5.97 Å². The number of aromatic amines is 1. The van der Waals surface area contributed by atoms with E-state index in [2.05, 4.69) is 22.2 Å². The fraction of sp³-hybridized carbons (Fsp3) is 0.571. The van der Waals surface area contributed by atoms with Crippen LogP contribution < -0.4 is 5.32 Å². The van der Waals surface area contributed by atoms with Crippen LogP contribution in [0.4, 0.5) is 5.69 Å². The zero-order valence-electron chi connectivity index (χ0n) is 17.4. The van der Waals surface area contributed by atoms with Crippen molar-refractivity contribution in [1.82, 2.24) is 14.9 Å². The highest BCUT2D eigenvalue weighted by Crippen LogP contribution is 2.30. The summed E-state index contributed by atoms with van der Waals surface area (Å²) in [6, 6.07) is 1.93. The van der Waals surface area contributed by atoms with Gasteiger partial charge in [-0.15, -0.1) is 0 Å². The lowest BCUT2D eigenvalue weighted by molar-refractivity contribution is -0.132. The highest BCUT2D eigenvalue weighted by Gasteiger charge is 2.30. The number of methoxy groups -OCH3 is 1. The number of ether oxygens (including phenoxy) is 2. The lowest BCUT2D eigenvalue weighted by Gasteiger charge is -2.38. The summed E-state index contributed by atoms with van der Waals surface area (Å²) in [7, 11) is 1.56. The average Bonchev–Trinajstić information content (AvgIpc) is 3.19. The van der Waals surface area contributed by atoms with Crippen LogP contribution in [0.5, 0.6) is 0 Å². The largest absolute Gasteiger partial charge is 0.460 e. The van der Waals surface area contributed by atoms with Gasteiger partial charge in [0.1, 0.15) is 17.8 Å². The van der Waals surface area contributed by atoms with Crippen LogP contribution in [0.2, 0.25) is 0 Å². The number of rotatable bonds is 8. The van der Waals surface area contributed by atoms with Gasteiger partial charge in [0.25, 0.3) is 0 Å². The molecule has 0 radical (unpaired) electrons. The molecule has 0 bridgehead atoms. The fourth-order valence-electron chi connectivity index (χ4n) is 3.65. The minimum absolute atomic E-state index is 0.0376. The Labute approximate surface area is 171 Å². The predicted molar refractivity (Wildman–Crippen MR) is 111 cm³/mol. The molecule has 1 amide bonds. The standard InChI is InChI=1S/C21H30N4O4/c1-4-5-18(26)25-9-7-14(2)17(13-25)24-19-15-6-8-22-20(15)23-12-16(19)21(27)29-11-10-28-3/h6,8,12,14,17H,4-5,7,9-11,13H2,1-3H3,(H2,22,23,24). The van der Waals surface area contributed by atoms with Crippen molar-refractivity contribution in [1.29, 1.82) is 0 Å². The molecule has 8 heteroatoms. The van der Waals surface area contributed by atoms with Gasteiger partial charge in [0.15, 0.2) is 0 Å². The van der Waals surface area contributed by atoms with Crippen molar-refractivity contribution in [2.45, 2.75) is 39.2 Å². The minimum Gasteiger partial charge on any atom is -0.460 e. The molecule has 0 aliphatic carbocycles. The Morgan fingerprint density at radius 2 is 2.21 bits per heavy atom. The first-order valence-electron chi connectivity index (χ1n) is 10.2. The van der Waals surface area contributed by atoms with Gasteiger partial charge in [0.05, 0.1) is 12.3 Å². The van der Waals surface area contributed by atoms with E-state index in [1.54, 1.807) is 13.3 Å². The summed E-state index contributed by atoms with van der Waals surface area (Å²) in [6.07, 6.45) is 5.65. The van der Waals surface area contributed by atoms with E-state index in [0.717, 1.165) is 24.8 Å². The molecule has 0 spiro atoms. The van der Waals surface area contributed by atoms with Crippen molar-refractivity contribution in [2.75, 3.05) is 38.7 Å². The number of carbonyl (C=O) groups is 2. The molecule has 0 aromatic carbocycles. The quantitative estimate of drug-likeness (QED) is 0.521. The molecule has 0 saturated carbocycles. The predicted octanol–water partition coefficient (Wildman–Crippen LogP) is 2.82. The van der Waals surface area contributed by atoms with E-state index >= 15 is 0 Å². The molecule has 2 unspecified atom stereocenters. The summed E-state index contributed by atoms with van der Waals surface area (Å²) in [5, 5.41) is 4.37. The van der Waals surface area contributed by atoms with Gasteiger partial charge in [0.2, 0.25) is 5.91 Å². The number of amides is 1. The van der Waals surface area contributed by atoms with Gasteiger partial charge in [-0.05, 0) is 24.8 Å². The number of anilines is 1. The van der Waals surface area contributed by atoms with Crippen LogP contribution in [0.3, 0.4) is 0 Å². The second kappa shape index (κ2) is 9.73. The Kier molecular flexibility index (Phi) is 7.09. The monoisotopic (exact) mass is 402 g/mol. The summed E-state index contributed by atoms with van der Waals surface area (Å²) < 4.78 is 10.3. The third kappa shape index (κ3) is 4.87. The number of piperidine rings is 1. The first kappa shape index (κ1) is 21.1. The lowest BCUT2D eigenvalue weighted by Crippen LogP contribution is -2.49. The molecule has 1 aliphatic rings. The number of fused-ring (bicyclic) bond motifs is 1. The maximum atomic E-state index is 12.7.